The second-order valence-electron chi connectivity index (χ2n) is 1.94. The van der Waals surface area contributed by atoms with E-state index >= 15 is 0 Å². The van der Waals surface area contributed by atoms with Crippen LogP contribution in [0.15, 0.2) is 10.5 Å². The molecule has 10 heavy (non-hydrogen) atoms. The van der Waals surface area contributed by atoms with Gasteiger partial charge in [-0.25, -0.2) is 6.57 Å². The Morgan fingerprint density at radius 3 is 2.90 bits per heavy atom. The Balaban J connectivity index is 2.94. The molecule has 1 heterocycles. The highest BCUT2D eigenvalue weighted by atomic mass is 79.9. The Hall–Kier alpha value is -0.330. The molecule has 1 aromatic heterocycles. The van der Waals surface area contributed by atoms with Gasteiger partial charge in [-0.05, 0) is 28.9 Å². The molecule has 0 amide bonds. The molecule has 0 spiro atoms. The predicted octanol–water partition coefficient (Wildman–Crippen LogP) is 3.24. The van der Waals surface area contributed by atoms with E-state index in [0.717, 1.165) is 9.35 Å². The van der Waals surface area contributed by atoms with Crippen molar-refractivity contribution in [2.75, 3.05) is 0 Å². The molecular weight excluding hydrogens is 210 g/mol. The van der Waals surface area contributed by atoms with Gasteiger partial charge in [-0.1, -0.05) is 0 Å². The number of hydrogen-bond acceptors (Lipinski definition) is 1. The van der Waals surface area contributed by atoms with Crippen molar-refractivity contribution in [3.8, 4) is 0 Å². The summed E-state index contributed by atoms with van der Waals surface area (Å²) in [6.45, 7) is 9.20. The summed E-state index contributed by atoms with van der Waals surface area (Å²) in [5.74, 6) is 0. The SMILES string of the molecule is [C-]#[N+]Cc1sc(C)cc1Br. The number of halogens is 1. The molecule has 0 aromatic carbocycles. The summed E-state index contributed by atoms with van der Waals surface area (Å²) in [5.41, 5.74) is 0. The first-order valence-electron chi connectivity index (χ1n) is 2.82. The summed E-state index contributed by atoms with van der Waals surface area (Å²) in [6.07, 6.45) is 0. The van der Waals surface area contributed by atoms with Gasteiger partial charge < -0.3 is 4.85 Å². The first-order chi connectivity index (χ1) is 4.74. The van der Waals surface area contributed by atoms with Crippen molar-refractivity contribution in [1.82, 2.24) is 0 Å². The van der Waals surface area contributed by atoms with Gasteiger partial charge in [0.15, 0.2) is 0 Å². The van der Waals surface area contributed by atoms with Crippen molar-refractivity contribution in [3.05, 3.63) is 31.7 Å². The van der Waals surface area contributed by atoms with E-state index in [1.54, 1.807) is 11.3 Å². The lowest BCUT2D eigenvalue weighted by atomic mass is 10.4. The van der Waals surface area contributed by atoms with Crippen molar-refractivity contribution in [2.24, 2.45) is 0 Å². The fourth-order valence-corrected chi connectivity index (χ4v) is 2.43. The first-order valence-corrected chi connectivity index (χ1v) is 4.43. The standard InChI is InChI=1S/C7H6BrNS/c1-5-3-6(8)7(10-5)4-9-2/h3H,4H2,1H3. The van der Waals surface area contributed by atoms with E-state index in [1.807, 2.05) is 13.0 Å². The second-order valence-corrected chi connectivity index (χ2v) is 4.14. The normalized spacial score (nSPS) is 9.30. The van der Waals surface area contributed by atoms with Crippen LogP contribution < -0.4 is 0 Å². The van der Waals surface area contributed by atoms with Crippen molar-refractivity contribution >= 4 is 27.3 Å². The van der Waals surface area contributed by atoms with Crippen LogP contribution in [0.3, 0.4) is 0 Å². The maximum atomic E-state index is 6.66. The number of aryl methyl sites for hydroxylation is 1. The van der Waals surface area contributed by atoms with Gasteiger partial charge in [0, 0.05) is 9.35 Å². The van der Waals surface area contributed by atoms with Gasteiger partial charge in [0.25, 0.3) is 0 Å². The molecule has 0 aliphatic heterocycles. The lowest BCUT2D eigenvalue weighted by molar-refractivity contribution is 1.32. The molecule has 0 bridgehead atoms. The van der Waals surface area contributed by atoms with E-state index in [-0.39, 0.29) is 0 Å². The van der Waals surface area contributed by atoms with Gasteiger partial charge in [-0.2, -0.15) is 0 Å². The molecular formula is C7H6BrNS. The van der Waals surface area contributed by atoms with E-state index in [2.05, 4.69) is 20.8 Å². The summed E-state index contributed by atoms with van der Waals surface area (Å²) < 4.78 is 1.08. The fraction of sp³-hybridized carbons (Fsp3) is 0.286. The van der Waals surface area contributed by atoms with E-state index in [0.29, 0.717) is 6.54 Å². The highest BCUT2D eigenvalue weighted by Gasteiger charge is 2.04. The number of thiophene rings is 1. The number of rotatable bonds is 1. The van der Waals surface area contributed by atoms with Crippen molar-refractivity contribution in [3.63, 3.8) is 0 Å². The Morgan fingerprint density at radius 1 is 1.80 bits per heavy atom. The van der Waals surface area contributed by atoms with Gasteiger partial charge >= 0.3 is 0 Å². The topological polar surface area (TPSA) is 4.36 Å². The van der Waals surface area contributed by atoms with E-state index < -0.39 is 0 Å². The summed E-state index contributed by atoms with van der Waals surface area (Å²) in [4.78, 5) is 5.70. The van der Waals surface area contributed by atoms with E-state index in [1.165, 1.54) is 4.88 Å². The smallest absolute Gasteiger partial charge is 0.249 e. The quantitative estimate of drug-likeness (QED) is 0.634. The average molecular weight is 216 g/mol. The molecule has 0 saturated heterocycles. The van der Waals surface area contributed by atoms with Crippen LogP contribution in [0.2, 0.25) is 0 Å². The van der Waals surface area contributed by atoms with Gasteiger partial charge in [0.05, 0.1) is 4.88 Å². The largest absolute Gasteiger partial charge is 0.311 e. The van der Waals surface area contributed by atoms with Gasteiger partial charge in [0.2, 0.25) is 6.54 Å². The van der Waals surface area contributed by atoms with Crippen molar-refractivity contribution in [1.29, 1.82) is 0 Å². The first kappa shape index (κ1) is 7.77. The van der Waals surface area contributed by atoms with Crippen LogP contribution in [0.4, 0.5) is 0 Å². The highest BCUT2D eigenvalue weighted by molar-refractivity contribution is 9.10. The minimum absolute atomic E-state index is 0.499. The van der Waals surface area contributed by atoms with Crippen LogP contribution in [0.25, 0.3) is 4.85 Å². The maximum Gasteiger partial charge on any atom is 0.249 e. The van der Waals surface area contributed by atoms with Crippen LogP contribution in [-0.2, 0) is 6.54 Å². The molecule has 1 nitrogen and oxygen atoms in total. The Kier molecular flexibility index (Phi) is 2.47. The lowest BCUT2D eigenvalue weighted by Gasteiger charge is -1.81. The molecule has 0 unspecified atom stereocenters. The van der Waals surface area contributed by atoms with Crippen LogP contribution in [0.1, 0.15) is 9.75 Å². The molecule has 0 saturated carbocycles. The third kappa shape index (κ3) is 1.59. The van der Waals surface area contributed by atoms with Crippen LogP contribution in [0, 0.1) is 13.5 Å². The van der Waals surface area contributed by atoms with Crippen LogP contribution in [-0.4, -0.2) is 0 Å². The maximum absolute atomic E-state index is 6.66. The molecule has 0 fully saturated rings. The second kappa shape index (κ2) is 3.18. The molecule has 0 radical (unpaired) electrons. The molecule has 0 atom stereocenters. The van der Waals surface area contributed by atoms with Crippen molar-refractivity contribution < 1.29 is 0 Å². The van der Waals surface area contributed by atoms with Gasteiger partial charge in [-0.15, -0.1) is 11.3 Å². The summed E-state index contributed by atoms with van der Waals surface area (Å²) in [7, 11) is 0. The molecule has 3 heteroatoms. The summed E-state index contributed by atoms with van der Waals surface area (Å²) in [5, 5.41) is 0. The zero-order valence-electron chi connectivity index (χ0n) is 5.52. The van der Waals surface area contributed by atoms with E-state index in [4.69, 9.17) is 6.57 Å². The van der Waals surface area contributed by atoms with Gasteiger partial charge in [-0.3, -0.25) is 0 Å². The van der Waals surface area contributed by atoms with Gasteiger partial charge in [0.1, 0.15) is 0 Å². The summed E-state index contributed by atoms with van der Waals surface area (Å²) >= 11 is 5.06. The highest BCUT2D eigenvalue weighted by Crippen LogP contribution is 2.27. The lowest BCUT2D eigenvalue weighted by Crippen LogP contribution is -1.68. The van der Waals surface area contributed by atoms with Crippen molar-refractivity contribution in [2.45, 2.75) is 13.5 Å². The monoisotopic (exact) mass is 215 g/mol. The number of hydrogen-bond donors (Lipinski definition) is 0. The molecule has 1 rings (SSSR count). The van der Waals surface area contributed by atoms with Crippen LogP contribution in [0.5, 0.6) is 0 Å². The molecule has 0 aliphatic rings. The average Bonchev–Trinajstić information content (AvgIpc) is 2.13. The molecule has 0 aliphatic carbocycles. The summed E-state index contributed by atoms with van der Waals surface area (Å²) in [6, 6.07) is 2.05. The molecule has 1 aromatic rings. The Bertz CT molecular complexity index is 272. The molecule has 52 valence electrons. The zero-order valence-corrected chi connectivity index (χ0v) is 7.92. The third-order valence-electron chi connectivity index (χ3n) is 1.10. The van der Waals surface area contributed by atoms with Crippen LogP contribution >= 0.6 is 27.3 Å². The Labute approximate surface area is 72.6 Å². The predicted molar refractivity (Wildman–Crippen MR) is 47.1 cm³/mol. The number of nitrogens with zero attached hydrogens (tertiary/aromatic N) is 1. The van der Waals surface area contributed by atoms with E-state index in [9.17, 15) is 0 Å². The Morgan fingerprint density at radius 2 is 2.50 bits per heavy atom. The fourth-order valence-electron chi connectivity index (χ4n) is 0.711. The zero-order chi connectivity index (χ0) is 7.56. The minimum Gasteiger partial charge on any atom is -0.311 e. The molecule has 0 N–H and O–H groups in total. The third-order valence-corrected chi connectivity index (χ3v) is 3.11. The minimum atomic E-state index is 0.499.